The standard InChI is InChI=1S/C10H20S/c1-8(2)10(6-11-7-10)9(3,4)5/h8H,6-7H2,1-5H3. The Morgan fingerprint density at radius 2 is 1.64 bits per heavy atom. The molecule has 0 nitrogen and oxygen atoms in total. The summed E-state index contributed by atoms with van der Waals surface area (Å²) in [6.07, 6.45) is 0. The molecule has 0 N–H and O–H groups in total. The van der Waals surface area contributed by atoms with E-state index in [0.717, 1.165) is 5.92 Å². The summed E-state index contributed by atoms with van der Waals surface area (Å²) in [5, 5.41) is 0. The Hall–Kier alpha value is 0.350. The van der Waals surface area contributed by atoms with Crippen LogP contribution in [-0.2, 0) is 0 Å². The fourth-order valence-electron chi connectivity index (χ4n) is 1.95. The van der Waals surface area contributed by atoms with Crippen LogP contribution >= 0.6 is 11.8 Å². The zero-order chi connectivity index (χ0) is 8.70. The Morgan fingerprint density at radius 1 is 1.18 bits per heavy atom. The molecule has 1 heteroatoms. The molecule has 1 rings (SSSR count). The molecule has 0 bridgehead atoms. The smallest absolute Gasteiger partial charge is 0.000480 e. The maximum atomic E-state index is 2.38. The second kappa shape index (κ2) is 2.69. The molecule has 66 valence electrons. The van der Waals surface area contributed by atoms with Gasteiger partial charge in [0, 0.05) is 11.5 Å². The van der Waals surface area contributed by atoms with Gasteiger partial charge in [-0.3, -0.25) is 0 Å². The minimum absolute atomic E-state index is 0.492. The second-order valence-electron chi connectivity index (χ2n) is 5.05. The minimum atomic E-state index is 0.492. The largest absolute Gasteiger partial charge is 0.161 e. The highest BCUT2D eigenvalue weighted by Gasteiger charge is 2.49. The van der Waals surface area contributed by atoms with Crippen molar-refractivity contribution in [3.8, 4) is 0 Å². The molecule has 0 aliphatic carbocycles. The van der Waals surface area contributed by atoms with Crippen LogP contribution in [0.1, 0.15) is 34.6 Å². The molecule has 0 aromatic heterocycles. The molecule has 1 saturated heterocycles. The summed E-state index contributed by atoms with van der Waals surface area (Å²) in [6, 6.07) is 0. The summed E-state index contributed by atoms with van der Waals surface area (Å²) < 4.78 is 0. The predicted molar refractivity (Wildman–Crippen MR) is 54.1 cm³/mol. The Labute approximate surface area is 75.1 Å². The molecule has 0 saturated carbocycles. The highest BCUT2D eigenvalue weighted by atomic mass is 32.2. The zero-order valence-corrected chi connectivity index (χ0v) is 9.22. The van der Waals surface area contributed by atoms with Crippen molar-refractivity contribution in [1.82, 2.24) is 0 Å². The molecule has 1 aliphatic rings. The van der Waals surface area contributed by atoms with Crippen LogP contribution in [0.4, 0.5) is 0 Å². The predicted octanol–water partition coefficient (Wildman–Crippen LogP) is 3.42. The van der Waals surface area contributed by atoms with Gasteiger partial charge in [0.05, 0.1) is 0 Å². The maximum absolute atomic E-state index is 2.38. The first-order valence-corrected chi connectivity index (χ1v) is 5.63. The number of rotatable bonds is 1. The van der Waals surface area contributed by atoms with Gasteiger partial charge < -0.3 is 0 Å². The van der Waals surface area contributed by atoms with Gasteiger partial charge in [-0.1, -0.05) is 34.6 Å². The van der Waals surface area contributed by atoms with Gasteiger partial charge in [-0.05, 0) is 16.7 Å². The van der Waals surface area contributed by atoms with Crippen molar-refractivity contribution in [2.45, 2.75) is 34.6 Å². The van der Waals surface area contributed by atoms with E-state index in [9.17, 15) is 0 Å². The summed E-state index contributed by atoms with van der Waals surface area (Å²) in [5.41, 5.74) is 1.12. The second-order valence-corrected chi connectivity index (χ2v) is 6.04. The fourth-order valence-corrected chi connectivity index (χ4v) is 4.13. The first-order valence-electron chi connectivity index (χ1n) is 4.48. The van der Waals surface area contributed by atoms with Crippen molar-refractivity contribution in [3.05, 3.63) is 0 Å². The summed E-state index contributed by atoms with van der Waals surface area (Å²) in [5.74, 6) is 3.58. The Bertz CT molecular complexity index is 137. The number of hydrogen-bond donors (Lipinski definition) is 0. The van der Waals surface area contributed by atoms with Crippen LogP contribution in [0.5, 0.6) is 0 Å². The summed E-state index contributed by atoms with van der Waals surface area (Å²) in [4.78, 5) is 0. The molecule has 1 heterocycles. The molecule has 0 radical (unpaired) electrons. The quantitative estimate of drug-likeness (QED) is 0.584. The molecule has 0 aromatic carbocycles. The van der Waals surface area contributed by atoms with Gasteiger partial charge in [-0.2, -0.15) is 11.8 Å². The van der Waals surface area contributed by atoms with Gasteiger partial charge in [0.15, 0.2) is 0 Å². The first-order chi connectivity index (χ1) is 4.90. The van der Waals surface area contributed by atoms with E-state index in [4.69, 9.17) is 0 Å². The molecule has 1 fully saturated rings. The summed E-state index contributed by atoms with van der Waals surface area (Å²) in [7, 11) is 0. The van der Waals surface area contributed by atoms with Crippen molar-refractivity contribution in [2.75, 3.05) is 11.5 Å². The topological polar surface area (TPSA) is 0 Å². The molecule has 0 spiro atoms. The molecule has 0 aromatic rings. The third kappa shape index (κ3) is 1.32. The minimum Gasteiger partial charge on any atom is -0.161 e. The van der Waals surface area contributed by atoms with Crippen LogP contribution in [0.2, 0.25) is 0 Å². The van der Waals surface area contributed by atoms with Gasteiger partial charge >= 0.3 is 0 Å². The Balaban J connectivity index is 2.76. The first kappa shape index (κ1) is 9.44. The SMILES string of the molecule is CC(C)C1(C(C)(C)C)CSC1. The Kier molecular flexibility index (Phi) is 2.31. The van der Waals surface area contributed by atoms with E-state index < -0.39 is 0 Å². The highest BCUT2D eigenvalue weighted by Crippen LogP contribution is 2.55. The normalized spacial score (nSPS) is 23.5. The van der Waals surface area contributed by atoms with Gasteiger partial charge in [0.2, 0.25) is 0 Å². The zero-order valence-electron chi connectivity index (χ0n) is 8.40. The lowest BCUT2D eigenvalue weighted by Crippen LogP contribution is -2.50. The van der Waals surface area contributed by atoms with Crippen LogP contribution in [-0.4, -0.2) is 11.5 Å². The van der Waals surface area contributed by atoms with Gasteiger partial charge in [-0.25, -0.2) is 0 Å². The molecule has 1 aliphatic heterocycles. The van der Waals surface area contributed by atoms with E-state index >= 15 is 0 Å². The summed E-state index contributed by atoms with van der Waals surface area (Å²) >= 11 is 2.10. The van der Waals surface area contributed by atoms with Crippen molar-refractivity contribution in [2.24, 2.45) is 16.7 Å². The molecular formula is C10H20S. The van der Waals surface area contributed by atoms with Crippen molar-refractivity contribution < 1.29 is 0 Å². The van der Waals surface area contributed by atoms with Crippen molar-refractivity contribution in [3.63, 3.8) is 0 Å². The number of thioether (sulfide) groups is 1. The molecule has 0 unspecified atom stereocenters. The lowest BCUT2D eigenvalue weighted by atomic mass is 9.62. The van der Waals surface area contributed by atoms with Crippen molar-refractivity contribution >= 4 is 11.8 Å². The van der Waals surface area contributed by atoms with Crippen LogP contribution in [0.15, 0.2) is 0 Å². The fraction of sp³-hybridized carbons (Fsp3) is 1.00. The summed E-state index contributed by atoms with van der Waals surface area (Å²) in [6.45, 7) is 11.9. The maximum Gasteiger partial charge on any atom is 0.000480 e. The lowest BCUT2D eigenvalue weighted by molar-refractivity contribution is 0.0720. The Morgan fingerprint density at radius 3 is 1.64 bits per heavy atom. The van der Waals surface area contributed by atoms with E-state index in [2.05, 4.69) is 46.4 Å². The van der Waals surface area contributed by atoms with Gasteiger partial charge in [0.1, 0.15) is 0 Å². The molecule has 11 heavy (non-hydrogen) atoms. The molecule has 0 atom stereocenters. The van der Waals surface area contributed by atoms with E-state index in [1.54, 1.807) is 0 Å². The van der Waals surface area contributed by atoms with Gasteiger partial charge in [0.25, 0.3) is 0 Å². The van der Waals surface area contributed by atoms with Crippen molar-refractivity contribution in [1.29, 1.82) is 0 Å². The molecule has 0 amide bonds. The monoisotopic (exact) mass is 172 g/mol. The average Bonchev–Trinajstić information content (AvgIpc) is 1.52. The van der Waals surface area contributed by atoms with Crippen LogP contribution < -0.4 is 0 Å². The van der Waals surface area contributed by atoms with E-state index in [1.165, 1.54) is 11.5 Å². The third-order valence-electron chi connectivity index (χ3n) is 3.32. The van der Waals surface area contributed by atoms with E-state index in [0.29, 0.717) is 10.8 Å². The van der Waals surface area contributed by atoms with Crippen LogP contribution in [0.25, 0.3) is 0 Å². The van der Waals surface area contributed by atoms with Crippen LogP contribution in [0, 0.1) is 16.7 Å². The number of hydrogen-bond acceptors (Lipinski definition) is 1. The van der Waals surface area contributed by atoms with Gasteiger partial charge in [-0.15, -0.1) is 0 Å². The highest BCUT2D eigenvalue weighted by molar-refractivity contribution is 8.00. The average molecular weight is 172 g/mol. The van der Waals surface area contributed by atoms with Crippen LogP contribution in [0.3, 0.4) is 0 Å². The van der Waals surface area contributed by atoms with E-state index in [-0.39, 0.29) is 0 Å². The molecular weight excluding hydrogens is 152 g/mol. The van der Waals surface area contributed by atoms with E-state index in [1.807, 2.05) is 0 Å². The lowest BCUT2D eigenvalue weighted by Gasteiger charge is -2.54. The third-order valence-corrected chi connectivity index (χ3v) is 4.76.